The van der Waals surface area contributed by atoms with Crippen LogP contribution in [0.3, 0.4) is 0 Å². The topological polar surface area (TPSA) is 24.5 Å². The van der Waals surface area contributed by atoms with Crippen molar-refractivity contribution in [2.75, 3.05) is 26.3 Å². The zero-order valence-electron chi connectivity index (χ0n) is 8.28. The van der Waals surface area contributed by atoms with Crippen molar-refractivity contribution < 1.29 is 4.74 Å². The van der Waals surface area contributed by atoms with E-state index in [1.807, 2.05) is 6.07 Å². The third kappa shape index (κ3) is 2.80. The summed E-state index contributed by atoms with van der Waals surface area (Å²) in [6, 6.07) is 10.4. The van der Waals surface area contributed by atoms with E-state index in [1.54, 1.807) is 0 Å². The molecule has 14 heavy (non-hydrogen) atoms. The number of hydrogen-bond acceptors (Lipinski definition) is 3. The Morgan fingerprint density at radius 3 is 2.57 bits per heavy atom. The van der Waals surface area contributed by atoms with Crippen LogP contribution in [0.1, 0.15) is 5.56 Å². The third-order valence-corrected chi connectivity index (χ3v) is 2.36. The first-order valence-electron chi connectivity index (χ1n) is 5.05. The molecule has 0 spiro atoms. The largest absolute Gasteiger partial charge is 0.379 e. The number of nitrogens with one attached hydrogen (secondary N) is 1. The molecular weight excluding hydrogens is 176 g/mol. The molecule has 0 amide bonds. The fraction of sp³-hybridized carbons (Fsp3) is 0.455. The molecule has 3 heteroatoms. The Balaban J connectivity index is 1.76. The fourth-order valence-electron chi connectivity index (χ4n) is 1.52. The lowest BCUT2D eigenvalue weighted by Gasteiger charge is -2.27. The molecule has 1 saturated heterocycles. The van der Waals surface area contributed by atoms with Crippen LogP contribution in [-0.2, 0) is 11.3 Å². The summed E-state index contributed by atoms with van der Waals surface area (Å²) in [5.41, 5.74) is 4.71. The van der Waals surface area contributed by atoms with Crippen LogP contribution in [0, 0.1) is 0 Å². The zero-order valence-corrected chi connectivity index (χ0v) is 8.28. The molecule has 1 aliphatic rings. The van der Waals surface area contributed by atoms with E-state index in [-0.39, 0.29) is 0 Å². The summed E-state index contributed by atoms with van der Waals surface area (Å²) in [6.45, 7) is 4.53. The lowest BCUT2D eigenvalue weighted by Crippen LogP contribution is -2.45. The fourth-order valence-corrected chi connectivity index (χ4v) is 1.52. The molecule has 0 aliphatic carbocycles. The predicted molar refractivity (Wildman–Crippen MR) is 55.7 cm³/mol. The molecule has 1 aromatic rings. The zero-order chi connectivity index (χ0) is 9.64. The molecule has 3 nitrogen and oxygen atoms in total. The SMILES string of the molecule is c1ccc(CNN2CCOCC2)cc1. The van der Waals surface area contributed by atoms with Crippen molar-refractivity contribution in [1.82, 2.24) is 10.4 Å². The summed E-state index contributed by atoms with van der Waals surface area (Å²) in [4.78, 5) is 0. The highest BCUT2D eigenvalue weighted by Gasteiger charge is 2.08. The predicted octanol–water partition coefficient (Wildman–Crippen LogP) is 1.02. The maximum Gasteiger partial charge on any atom is 0.0608 e. The number of ether oxygens (including phenoxy) is 1. The average Bonchev–Trinajstić information content (AvgIpc) is 2.29. The molecule has 0 unspecified atom stereocenters. The first-order chi connectivity index (χ1) is 6.95. The quantitative estimate of drug-likeness (QED) is 0.774. The molecule has 1 heterocycles. The van der Waals surface area contributed by atoms with Crippen molar-refractivity contribution in [2.24, 2.45) is 0 Å². The Bertz CT molecular complexity index is 257. The summed E-state index contributed by atoms with van der Waals surface area (Å²) in [5.74, 6) is 0. The van der Waals surface area contributed by atoms with Crippen LogP contribution < -0.4 is 5.43 Å². The maximum absolute atomic E-state index is 5.27. The minimum Gasteiger partial charge on any atom is -0.379 e. The van der Waals surface area contributed by atoms with Crippen LogP contribution in [0.5, 0.6) is 0 Å². The van der Waals surface area contributed by atoms with Gasteiger partial charge in [0, 0.05) is 19.6 Å². The van der Waals surface area contributed by atoms with Gasteiger partial charge in [0.15, 0.2) is 0 Å². The van der Waals surface area contributed by atoms with E-state index in [0.29, 0.717) is 0 Å². The van der Waals surface area contributed by atoms with Gasteiger partial charge in [0.1, 0.15) is 0 Å². The van der Waals surface area contributed by atoms with Crippen LogP contribution in [0.25, 0.3) is 0 Å². The van der Waals surface area contributed by atoms with Gasteiger partial charge < -0.3 is 4.74 Å². The molecule has 1 aromatic carbocycles. The maximum atomic E-state index is 5.27. The summed E-state index contributed by atoms with van der Waals surface area (Å²) in [6.07, 6.45) is 0. The number of hydrazine groups is 1. The molecule has 0 bridgehead atoms. The van der Waals surface area contributed by atoms with Crippen molar-refractivity contribution in [3.63, 3.8) is 0 Å². The van der Waals surface area contributed by atoms with E-state index in [2.05, 4.69) is 34.7 Å². The molecule has 1 N–H and O–H groups in total. The summed E-state index contributed by atoms with van der Waals surface area (Å²) in [5, 5.41) is 2.22. The summed E-state index contributed by atoms with van der Waals surface area (Å²) >= 11 is 0. The van der Waals surface area contributed by atoms with Gasteiger partial charge in [-0.15, -0.1) is 0 Å². The normalized spacial score (nSPS) is 18.3. The molecule has 0 atom stereocenters. The summed E-state index contributed by atoms with van der Waals surface area (Å²) in [7, 11) is 0. The minimum atomic E-state index is 0.835. The van der Waals surface area contributed by atoms with E-state index < -0.39 is 0 Å². The third-order valence-electron chi connectivity index (χ3n) is 2.36. The van der Waals surface area contributed by atoms with Crippen molar-refractivity contribution >= 4 is 0 Å². The van der Waals surface area contributed by atoms with Gasteiger partial charge in [-0.1, -0.05) is 30.3 Å². The number of morpholine rings is 1. The number of benzene rings is 1. The highest BCUT2D eigenvalue weighted by molar-refractivity contribution is 5.14. The molecular formula is C11H16N2O. The lowest BCUT2D eigenvalue weighted by atomic mass is 10.2. The molecule has 1 aliphatic heterocycles. The number of nitrogens with zero attached hydrogens (tertiary/aromatic N) is 1. The standard InChI is InChI=1S/C11H16N2O/c1-2-4-11(5-3-1)10-12-13-6-8-14-9-7-13/h1-5,12H,6-10H2. The number of hydrogen-bond donors (Lipinski definition) is 1. The van der Waals surface area contributed by atoms with Gasteiger partial charge in [-0.05, 0) is 5.56 Å². The lowest BCUT2D eigenvalue weighted by molar-refractivity contribution is 0.0106. The smallest absolute Gasteiger partial charge is 0.0608 e. The Labute approximate surface area is 84.6 Å². The Morgan fingerprint density at radius 1 is 1.14 bits per heavy atom. The van der Waals surface area contributed by atoms with E-state index in [1.165, 1.54) is 5.56 Å². The average molecular weight is 192 g/mol. The minimum absolute atomic E-state index is 0.835. The first kappa shape index (κ1) is 9.65. The van der Waals surface area contributed by atoms with E-state index in [0.717, 1.165) is 32.8 Å². The van der Waals surface area contributed by atoms with Gasteiger partial charge >= 0.3 is 0 Å². The van der Waals surface area contributed by atoms with Gasteiger partial charge in [-0.25, -0.2) is 5.01 Å². The van der Waals surface area contributed by atoms with E-state index >= 15 is 0 Å². The van der Waals surface area contributed by atoms with Crippen molar-refractivity contribution in [2.45, 2.75) is 6.54 Å². The van der Waals surface area contributed by atoms with Crippen molar-refractivity contribution in [3.05, 3.63) is 35.9 Å². The van der Waals surface area contributed by atoms with Crippen LogP contribution in [0.2, 0.25) is 0 Å². The Kier molecular flexibility index (Phi) is 3.51. The second-order valence-corrected chi connectivity index (χ2v) is 3.42. The van der Waals surface area contributed by atoms with Gasteiger partial charge in [-0.2, -0.15) is 0 Å². The first-order valence-corrected chi connectivity index (χ1v) is 5.05. The van der Waals surface area contributed by atoms with Crippen molar-refractivity contribution in [1.29, 1.82) is 0 Å². The molecule has 0 radical (unpaired) electrons. The second kappa shape index (κ2) is 5.10. The molecule has 76 valence electrons. The highest BCUT2D eigenvalue weighted by atomic mass is 16.5. The van der Waals surface area contributed by atoms with Crippen LogP contribution >= 0.6 is 0 Å². The van der Waals surface area contributed by atoms with Crippen LogP contribution in [0.15, 0.2) is 30.3 Å². The highest BCUT2D eigenvalue weighted by Crippen LogP contribution is 1.99. The molecule has 0 aromatic heterocycles. The molecule has 0 saturated carbocycles. The van der Waals surface area contributed by atoms with E-state index in [9.17, 15) is 0 Å². The second-order valence-electron chi connectivity index (χ2n) is 3.42. The van der Waals surface area contributed by atoms with Crippen molar-refractivity contribution in [3.8, 4) is 0 Å². The van der Waals surface area contributed by atoms with Gasteiger partial charge in [0.05, 0.1) is 13.2 Å². The van der Waals surface area contributed by atoms with Gasteiger partial charge in [0.25, 0.3) is 0 Å². The monoisotopic (exact) mass is 192 g/mol. The molecule has 2 rings (SSSR count). The Hall–Kier alpha value is -0.900. The Morgan fingerprint density at radius 2 is 1.86 bits per heavy atom. The van der Waals surface area contributed by atoms with Crippen LogP contribution in [0.4, 0.5) is 0 Å². The van der Waals surface area contributed by atoms with Crippen LogP contribution in [-0.4, -0.2) is 31.3 Å². The van der Waals surface area contributed by atoms with E-state index in [4.69, 9.17) is 4.74 Å². The van der Waals surface area contributed by atoms with Gasteiger partial charge in [-0.3, -0.25) is 5.43 Å². The van der Waals surface area contributed by atoms with Gasteiger partial charge in [0.2, 0.25) is 0 Å². The molecule has 1 fully saturated rings. The summed E-state index contributed by atoms with van der Waals surface area (Å²) < 4.78 is 5.27. The number of rotatable bonds is 3.